The fourth-order valence-electron chi connectivity index (χ4n) is 1.92. The quantitative estimate of drug-likeness (QED) is 0.830. The van der Waals surface area contributed by atoms with Crippen LogP contribution in [0.2, 0.25) is 0 Å². The Morgan fingerprint density at radius 1 is 1.40 bits per heavy atom. The standard InChI is InChI=1S/C16H21FN2O/c1-5-6-13(18)15(20)19-14(16(2,3)4)11-7-9-12(17)10-8-11/h1,7-10,13-14H,6,18H2,2-4H3,(H,19,20). The predicted molar refractivity (Wildman–Crippen MR) is 78.2 cm³/mol. The maximum absolute atomic E-state index is 13.0. The van der Waals surface area contributed by atoms with Gasteiger partial charge in [0.05, 0.1) is 12.1 Å². The summed E-state index contributed by atoms with van der Waals surface area (Å²) in [5.41, 5.74) is 6.31. The van der Waals surface area contributed by atoms with E-state index in [-0.39, 0.29) is 29.6 Å². The van der Waals surface area contributed by atoms with Crippen LogP contribution in [0.3, 0.4) is 0 Å². The van der Waals surface area contributed by atoms with Crippen molar-refractivity contribution in [2.75, 3.05) is 0 Å². The first-order valence-corrected chi connectivity index (χ1v) is 6.50. The molecule has 0 fully saturated rings. The third-order valence-electron chi connectivity index (χ3n) is 3.03. The van der Waals surface area contributed by atoms with Crippen LogP contribution in [0.25, 0.3) is 0 Å². The van der Waals surface area contributed by atoms with Gasteiger partial charge in [0, 0.05) is 6.42 Å². The Balaban J connectivity index is 2.95. The highest BCUT2D eigenvalue weighted by Crippen LogP contribution is 2.32. The molecule has 0 aliphatic heterocycles. The van der Waals surface area contributed by atoms with Gasteiger partial charge >= 0.3 is 0 Å². The van der Waals surface area contributed by atoms with E-state index in [1.165, 1.54) is 12.1 Å². The van der Waals surface area contributed by atoms with E-state index in [2.05, 4.69) is 11.2 Å². The summed E-state index contributed by atoms with van der Waals surface area (Å²) < 4.78 is 13.0. The molecule has 0 bridgehead atoms. The molecule has 0 aliphatic rings. The molecule has 20 heavy (non-hydrogen) atoms. The van der Waals surface area contributed by atoms with Crippen molar-refractivity contribution in [2.45, 2.75) is 39.3 Å². The summed E-state index contributed by atoms with van der Waals surface area (Å²) in [7, 11) is 0. The van der Waals surface area contributed by atoms with E-state index < -0.39 is 6.04 Å². The number of rotatable bonds is 4. The first kappa shape index (κ1) is 16.2. The molecule has 1 rings (SSSR count). The number of halogens is 1. The van der Waals surface area contributed by atoms with Crippen molar-refractivity contribution in [1.82, 2.24) is 5.32 Å². The van der Waals surface area contributed by atoms with Gasteiger partial charge in [-0.15, -0.1) is 12.3 Å². The van der Waals surface area contributed by atoms with E-state index in [1.54, 1.807) is 12.1 Å². The van der Waals surface area contributed by atoms with Gasteiger partial charge < -0.3 is 11.1 Å². The summed E-state index contributed by atoms with van der Waals surface area (Å²) in [6, 6.07) is 5.09. The van der Waals surface area contributed by atoms with Gasteiger partial charge in [0.25, 0.3) is 0 Å². The molecule has 1 amide bonds. The van der Waals surface area contributed by atoms with Crippen LogP contribution >= 0.6 is 0 Å². The van der Waals surface area contributed by atoms with Crippen molar-refractivity contribution >= 4 is 5.91 Å². The molecule has 1 aromatic rings. The Morgan fingerprint density at radius 2 is 1.95 bits per heavy atom. The lowest BCUT2D eigenvalue weighted by Crippen LogP contribution is -2.45. The van der Waals surface area contributed by atoms with Gasteiger partial charge in [-0.25, -0.2) is 4.39 Å². The van der Waals surface area contributed by atoms with Crippen molar-refractivity contribution in [3.05, 3.63) is 35.6 Å². The first-order valence-electron chi connectivity index (χ1n) is 6.50. The lowest BCUT2D eigenvalue weighted by atomic mass is 9.82. The molecule has 2 unspecified atom stereocenters. The average Bonchev–Trinajstić information content (AvgIpc) is 2.36. The molecule has 1 aromatic carbocycles. The highest BCUT2D eigenvalue weighted by atomic mass is 19.1. The van der Waals surface area contributed by atoms with E-state index in [9.17, 15) is 9.18 Å². The van der Waals surface area contributed by atoms with Gasteiger partial charge in [-0.1, -0.05) is 32.9 Å². The van der Waals surface area contributed by atoms with E-state index >= 15 is 0 Å². The topological polar surface area (TPSA) is 55.1 Å². The molecule has 0 heterocycles. The van der Waals surface area contributed by atoms with E-state index in [4.69, 9.17) is 12.2 Å². The molecule has 3 N–H and O–H groups in total. The van der Waals surface area contributed by atoms with Crippen LogP contribution in [0.15, 0.2) is 24.3 Å². The van der Waals surface area contributed by atoms with Crippen LogP contribution in [0, 0.1) is 23.6 Å². The molecule has 0 aliphatic carbocycles. The molecule has 2 atom stereocenters. The van der Waals surface area contributed by atoms with Gasteiger partial charge in [-0.3, -0.25) is 4.79 Å². The summed E-state index contributed by atoms with van der Waals surface area (Å²) in [5.74, 6) is 1.76. The molecular weight excluding hydrogens is 255 g/mol. The largest absolute Gasteiger partial charge is 0.347 e. The van der Waals surface area contributed by atoms with Gasteiger partial charge in [0.2, 0.25) is 5.91 Å². The van der Waals surface area contributed by atoms with Gasteiger partial charge in [0.15, 0.2) is 0 Å². The summed E-state index contributed by atoms with van der Waals surface area (Å²) in [6.45, 7) is 5.98. The Morgan fingerprint density at radius 3 is 2.40 bits per heavy atom. The molecule has 4 heteroatoms. The van der Waals surface area contributed by atoms with Crippen LogP contribution in [-0.2, 0) is 4.79 Å². The van der Waals surface area contributed by atoms with E-state index in [0.717, 1.165) is 5.56 Å². The Labute approximate surface area is 119 Å². The van der Waals surface area contributed by atoms with Crippen molar-refractivity contribution in [3.8, 4) is 12.3 Å². The van der Waals surface area contributed by atoms with Crippen molar-refractivity contribution in [3.63, 3.8) is 0 Å². The summed E-state index contributed by atoms with van der Waals surface area (Å²) in [5, 5.41) is 2.90. The highest BCUT2D eigenvalue weighted by molar-refractivity contribution is 5.82. The van der Waals surface area contributed by atoms with E-state index in [1.807, 2.05) is 20.8 Å². The number of hydrogen-bond donors (Lipinski definition) is 2. The number of nitrogens with two attached hydrogens (primary N) is 1. The minimum atomic E-state index is -0.731. The lowest BCUT2D eigenvalue weighted by Gasteiger charge is -2.32. The smallest absolute Gasteiger partial charge is 0.238 e. The van der Waals surface area contributed by atoms with Gasteiger partial charge in [-0.2, -0.15) is 0 Å². The maximum atomic E-state index is 13.0. The average molecular weight is 276 g/mol. The number of carbonyl (C=O) groups excluding carboxylic acids is 1. The molecule has 0 saturated carbocycles. The minimum absolute atomic E-state index is 0.187. The zero-order chi connectivity index (χ0) is 15.3. The van der Waals surface area contributed by atoms with Crippen LogP contribution in [0.1, 0.15) is 38.8 Å². The number of benzene rings is 1. The molecule has 0 aromatic heterocycles. The van der Waals surface area contributed by atoms with Crippen molar-refractivity contribution in [2.24, 2.45) is 11.1 Å². The van der Waals surface area contributed by atoms with Crippen LogP contribution in [0.5, 0.6) is 0 Å². The van der Waals surface area contributed by atoms with Crippen LogP contribution in [-0.4, -0.2) is 11.9 Å². The minimum Gasteiger partial charge on any atom is -0.347 e. The maximum Gasteiger partial charge on any atom is 0.238 e. The second-order valence-electron chi connectivity index (χ2n) is 5.87. The zero-order valence-corrected chi connectivity index (χ0v) is 12.1. The fourth-order valence-corrected chi connectivity index (χ4v) is 1.92. The molecular formula is C16H21FN2O. The number of amides is 1. The Kier molecular flexibility index (Phi) is 5.29. The number of terminal acetylenes is 1. The van der Waals surface area contributed by atoms with Crippen LogP contribution < -0.4 is 11.1 Å². The summed E-state index contributed by atoms with van der Waals surface area (Å²) in [4.78, 5) is 12.0. The monoisotopic (exact) mass is 276 g/mol. The molecule has 3 nitrogen and oxygen atoms in total. The number of carbonyl (C=O) groups is 1. The van der Waals surface area contributed by atoms with Crippen molar-refractivity contribution in [1.29, 1.82) is 0 Å². The lowest BCUT2D eigenvalue weighted by molar-refractivity contribution is -0.123. The summed E-state index contributed by atoms with van der Waals surface area (Å²) >= 11 is 0. The molecule has 0 saturated heterocycles. The van der Waals surface area contributed by atoms with Crippen molar-refractivity contribution < 1.29 is 9.18 Å². The first-order chi connectivity index (χ1) is 9.25. The third kappa shape index (κ3) is 4.36. The molecule has 0 radical (unpaired) electrons. The third-order valence-corrected chi connectivity index (χ3v) is 3.03. The number of nitrogens with one attached hydrogen (secondary N) is 1. The molecule has 0 spiro atoms. The predicted octanol–water partition coefficient (Wildman–Crippen LogP) is 2.38. The SMILES string of the molecule is C#CCC(N)C(=O)NC(c1ccc(F)cc1)C(C)(C)C. The second-order valence-corrected chi connectivity index (χ2v) is 5.87. The Hall–Kier alpha value is -1.86. The van der Waals surface area contributed by atoms with Crippen LogP contribution in [0.4, 0.5) is 4.39 Å². The Bertz CT molecular complexity index is 497. The normalized spacial score (nSPS) is 14.2. The zero-order valence-electron chi connectivity index (χ0n) is 12.1. The fraction of sp³-hybridized carbons (Fsp3) is 0.438. The highest BCUT2D eigenvalue weighted by Gasteiger charge is 2.29. The molecule has 108 valence electrons. The second kappa shape index (κ2) is 6.53. The van der Waals surface area contributed by atoms with Gasteiger partial charge in [0.1, 0.15) is 5.82 Å². The van der Waals surface area contributed by atoms with E-state index in [0.29, 0.717) is 0 Å². The summed E-state index contributed by atoms with van der Waals surface area (Å²) in [6.07, 6.45) is 5.35. The number of hydrogen-bond acceptors (Lipinski definition) is 2. The van der Waals surface area contributed by atoms with Gasteiger partial charge in [-0.05, 0) is 23.1 Å².